The average Bonchev–Trinajstić information content (AvgIpc) is 3.21. The fraction of sp³-hybridized carbons (Fsp3) is 0.167. The highest BCUT2D eigenvalue weighted by Crippen LogP contribution is 2.25. The number of hydrogen-bond donors (Lipinski definition) is 1. The zero-order valence-corrected chi connectivity index (χ0v) is 18.4. The second kappa shape index (κ2) is 8.76. The fourth-order valence-electron chi connectivity index (χ4n) is 3.45. The Morgan fingerprint density at radius 2 is 1.78 bits per heavy atom. The van der Waals surface area contributed by atoms with Crippen LogP contribution >= 0.6 is 11.3 Å². The van der Waals surface area contributed by atoms with Crippen LogP contribution in [0, 0.1) is 6.92 Å². The topological polar surface area (TPSA) is 92.5 Å². The quantitative estimate of drug-likeness (QED) is 0.485. The van der Waals surface area contributed by atoms with Crippen molar-refractivity contribution >= 4 is 33.4 Å². The van der Waals surface area contributed by atoms with Crippen LogP contribution < -0.4 is 5.56 Å². The molecule has 0 radical (unpaired) electrons. The van der Waals surface area contributed by atoms with Crippen molar-refractivity contribution in [2.24, 2.45) is 0 Å². The van der Waals surface area contributed by atoms with E-state index in [4.69, 9.17) is 0 Å². The van der Waals surface area contributed by atoms with Crippen molar-refractivity contribution < 1.29 is 14.7 Å². The number of aryl methyl sites for hydroxylation is 1. The van der Waals surface area contributed by atoms with Gasteiger partial charge in [-0.15, -0.1) is 11.3 Å². The SMILES string of the molecule is Cc1ccc(-c2nc3scc(C(=O)O)c3c(=O)n2CC(=O)N(C)Cc2ccccc2)cc1. The van der Waals surface area contributed by atoms with Gasteiger partial charge < -0.3 is 10.0 Å². The Kier molecular flexibility index (Phi) is 5.87. The first-order chi connectivity index (χ1) is 15.3. The summed E-state index contributed by atoms with van der Waals surface area (Å²) < 4.78 is 1.27. The molecule has 0 bridgehead atoms. The first-order valence-electron chi connectivity index (χ1n) is 9.95. The molecule has 0 atom stereocenters. The summed E-state index contributed by atoms with van der Waals surface area (Å²) in [6, 6.07) is 17.0. The predicted molar refractivity (Wildman–Crippen MR) is 124 cm³/mol. The van der Waals surface area contributed by atoms with Gasteiger partial charge in [0.15, 0.2) is 0 Å². The number of fused-ring (bicyclic) bond motifs is 1. The van der Waals surface area contributed by atoms with Gasteiger partial charge in [-0.05, 0) is 12.5 Å². The molecule has 32 heavy (non-hydrogen) atoms. The van der Waals surface area contributed by atoms with Gasteiger partial charge in [0, 0.05) is 24.5 Å². The Hall–Kier alpha value is -3.78. The van der Waals surface area contributed by atoms with Gasteiger partial charge in [0.2, 0.25) is 5.91 Å². The summed E-state index contributed by atoms with van der Waals surface area (Å²) >= 11 is 1.10. The molecule has 0 fully saturated rings. The van der Waals surface area contributed by atoms with Gasteiger partial charge in [0.25, 0.3) is 5.56 Å². The van der Waals surface area contributed by atoms with Gasteiger partial charge >= 0.3 is 5.97 Å². The molecule has 2 aromatic heterocycles. The first-order valence-corrected chi connectivity index (χ1v) is 10.8. The molecule has 4 rings (SSSR count). The zero-order valence-electron chi connectivity index (χ0n) is 17.6. The van der Waals surface area contributed by atoms with Crippen molar-refractivity contribution in [3.05, 3.63) is 87.0 Å². The second-order valence-corrected chi connectivity index (χ2v) is 8.42. The highest BCUT2D eigenvalue weighted by molar-refractivity contribution is 7.17. The number of rotatable bonds is 6. The van der Waals surface area contributed by atoms with E-state index in [2.05, 4.69) is 4.98 Å². The second-order valence-electron chi connectivity index (χ2n) is 7.56. The number of benzene rings is 2. The Labute approximate surface area is 188 Å². The van der Waals surface area contributed by atoms with Crippen LogP contribution in [0.25, 0.3) is 21.6 Å². The van der Waals surface area contributed by atoms with Crippen LogP contribution in [0.4, 0.5) is 0 Å². The molecule has 0 aliphatic rings. The molecule has 0 aliphatic heterocycles. The Bertz CT molecular complexity index is 1360. The van der Waals surface area contributed by atoms with Crippen molar-refractivity contribution in [1.82, 2.24) is 14.5 Å². The van der Waals surface area contributed by atoms with E-state index in [1.54, 1.807) is 7.05 Å². The lowest BCUT2D eigenvalue weighted by atomic mass is 10.1. The third-order valence-electron chi connectivity index (χ3n) is 5.22. The molecular weight excluding hydrogens is 426 g/mol. The highest BCUT2D eigenvalue weighted by Gasteiger charge is 2.22. The number of carboxylic acids is 1. The van der Waals surface area contributed by atoms with Crippen molar-refractivity contribution in [2.45, 2.75) is 20.0 Å². The molecule has 0 saturated heterocycles. The maximum absolute atomic E-state index is 13.4. The third-order valence-corrected chi connectivity index (χ3v) is 6.09. The molecule has 2 heterocycles. The normalized spacial score (nSPS) is 10.9. The molecule has 1 N–H and O–H groups in total. The van der Waals surface area contributed by atoms with Gasteiger partial charge in [0.1, 0.15) is 17.2 Å². The molecule has 7 nitrogen and oxygen atoms in total. The van der Waals surface area contributed by atoms with E-state index in [1.165, 1.54) is 14.8 Å². The minimum atomic E-state index is -1.20. The monoisotopic (exact) mass is 447 g/mol. The van der Waals surface area contributed by atoms with Crippen LogP contribution in [0.2, 0.25) is 0 Å². The summed E-state index contributed by atoms with van der Waals surface area (Å²) in [6.07, 6.45) is 0. The molecule has 2 aromatic carbocycles. The molecule has 1 amide bonds. The maximum Gasteiger partial charge on any atom is 0.337 e. The largest absolute Gasteiger partial charge is 0.478 e. The van der Waals surface area contributed by atoms with Crippen LogP contribution in [0.3, 0.4) is 0 Å². The Morgan fingerprint density at radius 3 is 2.44 bits per heavy atom. The van der Waals surface area contributed by atoms with Gasteiger partial charge in [-0.3, -0.25) is 14.2 Å². The molecule has 162 valence electrons. The smallest absolute Gasteiger partial charge is 0.337 e. The van der Waals surface area contributed by atoms with Gasteiger partial charge in [-0.2, -0.15) is 0 Å². The Balaban J connectivity index is 1.79. The van der Waals surface area contributed by atoms with E-state index in [0.717, 1.165) is 22.5 Å². The van der Waals surface area contributed by atoms with Crippen molar-refractivity contribution in [2.75, 3.05) is 7.05 Å². The van der Waals surface area contributed by atoms with Crippen LogP contribution in [-0.2, 0) is 17.9 Å². The van der Waals surface area contributed by atoms with Crippen LogP contribution in [-0.4, -0.2) is 38.5 Å². The number of aromatic nitrogens is 2. The Morgan fingerprint density at radius 1 is 1.09 bits per heavy atom. The van der Waals surface area contributed by atoms with E-state index < -0.39 is 11.5 Å². The molecule has 8 heteroatoms. The molecule has 0 spiro atoms. The van der Waals surface area contributed by atoms with Crippen molar-refractivity contribution in [3.8, 4) is 11.4 Å². The first kappa shape index (κ1) is 21.5. The van der Waals surface area contributed by atoms with Gasteiger partial charge in [-0.25, -0.2) is 9.78 Å². The van der Waals surface area contributed by atoms with Gasteiger partial charge in [-0.1, -0.05) is 60.2 Å². The molecule has 4 aromatic rings. The van der Waals surface area contributed by atoms with E-state index >= 15 is 0 Å². The molecule has 0 aliphatic carbocycles. The number of nitrogens with zero attached hydrogens (tertiary/aromatic N) is 3. The predicted octanol–water partition coefficient (Wildman–Crippen LogP) is 3.79. The highest BCUT2D eigenvalue weighted by atomic mass is 32.1. The summed E-state index contributed by atoms with van der Waals surface area (Å²) in [5.74, 6) is -1.14. The number of likely N-dealkylation sites (N-methyl/N-ethyl adjacent to an activating group) is 1. The minimum absolute atomic E-state index is 0.0249. The maximum atomic E-state index is 13.4. The molecule has 0 saturated carbocycles. The fourth-order valence-corrected chi connectivity index (χ4v) is 4.36. The van der Waals surface area contributed by atoms with Crippen LogP contribution in [0.15, 0.2) is 64.8 Å². The minimum Gasteiger partial charge on any atom is -0.478 e. The van der Waals surface area contributed by atoms with E-state index in [9.17, 15) is 19.5 Å². The number of carbonyl (C=O) groups excluding carboxylic acids is 1. The summed E-state index contributed by atoms with van der Waals surface area (Å²) in [5.41, 5.74) is 2.06. The number of thiophene rings is 1. The van der Waals surface area contributed by atoms with E-state index in [-0.39, 0.29) is 23.4 Å². The summed E-state index contributed by atoms with van der Waals surface area (Å²) in [5, 5.41) is 10.9. The average molecular weight is 448 g/mol. The summed E-state index contributed by atoms with van der Waals surface area (Å²) in [4.78, 5) is 44.5. The molecule has 0 unspecified atom stereocenters. The zero-order chi connectivity index (χ0) is 22.8. The lowest BCUT2D eigenvalue weighted by Crippen LogP contribution is -2.35. The summed E-state index contributed by atoms with van der Waals surface area (Å²) in [7, 11) is 1.67. The lowest BCUT2D eigenvalue weighted by Gasteiger charge is -2.19. The lowest BCUT2D eigenvalue weighted by molar-refractivity contribution is -0.131. The summed E-state index contributed by atoms with van der Waals surface area (Å²) in [6.45, 7) is 2.10. The van der Waals surface area contributed by atoms with Crippen LogP contribution in [0.5, 0.6) is 0 Å². The number of amides is 1. The number of aromatic carboxylic acids is 1. The van der Waals surface area contributed by atoms with Crippen molar-refractivity contribution in [3.63, 3.8) is 0 Å². The van der Waals surface area contributed by atoms with Crippen molar-refractivity contribution in [1.29, 1.82) is 0 Å². The van der Waals surface area contributed by atoms with E-state index in [1.807, 2.05) is 61.5 Å². The van der Waals surface area contributed by atoms with Gasteiger partial charge in [0.05, 0.1) is 10.9 Å². The number of carboxylic acid groups (broad SMARTS) is 1. The standard InChI is InChI=1S/C24H21N3O4S/c1-15-8-10-17(11-9-15)21-25-22-20(18(14-32-22)24(30)31)23(29)27(21)13-19(28)26(2)12-16-6-4-3-5-7-16/h3-11,14H,12-13H2,1-2H3,(H,30,31). The number of carbonyl (C=O) groups is 2. The number of hydrogen-bond acceptors (Lipinski definition) is 5. The van der Waals surface area contributed by atoms with Crippen LogP contribution in [0.1, 0.15) is 21.5 Å². The van der Waals surface area contributed by atoms with E-state index in [0.29, 0.717) is 22.8 Å². The third kappa shape index (κ3) is 4.17. The molecular formula is C24H21N3O4S.